The largest absolute Gasteiger partial charge is 0.394 e. The van der Waals surface area contributed by atoms with Gasteiger partial charge in [-0.05, 0) is 80.5 Å². The van der Waals surface area contributed by atoms with Crippen LogP contribution in [0.3, 0.4) is 0 Å². The van der Waals surface area contributed by atoms with Crippen molar-refractivity contribution in [2.75, 3.05) is 13.2 Å². The van der Waals surface area contributed by atoms with Gasteiger partial charge in [0.2, 0.25) is 0 Å². The number of aliphatic hydroxyl groups is 9. The molecule has 4 aliphatic heterocycles. The van der Waals surface area contributed by atoms with Crippen LogP contribution in [0.4, 0.5) is 0 Å². The fraction of sp³-hybridized carbons (Fsp3) is 0.938. The Kier molecular flexibility index (Phi) is 12.1. The monoisotopic (exact) mass is 925 g/mol. The average molecular weight is 925 g/mol. The van der Waals surface area contributed by atoms with Gasteiger partial charge < -0.3 is 79.1 Å². The molecule has 0 aromatic heterocycles. The fourth-order valence-electron chi connectivity index (χ4n) is 15.5. The zero-order valence-electron chi connectivity index (χ0n) is 39.4. The molecule has 4 saturated carbocycles. The summed E-state index contributed by atoms with van der Waals surface area (Å²) in [6, 6.07) is 0. The summed E-state index contributed by atoms with van der Waals surface area (Å²) in [6.45, 7) is 18.3. The van der Waals surface area contributed by atoms with Gasteiger partial charge in [0, 0.05) is 28.6 Å². The number of hydrogen-bond acceptors (Lipinski definition) is 17. The molecular formula is C48H76O17. The molecular weight excluding hydrogens is 849 g/mol. The van der Waals surface area contributed by atoms with Gasteiger partial charge in [-0.3, -0.25) is 4.79 Å². The molecule has 370 valence electrons. The first-order chi connectivity index (χ1) is 30.2. The summed E-state index contributed by atoms with van der Waals surface area (Å²) in [5, 5.41) is 98.8. The van der Waals surface area contributed by atoms with E-state index < -0.39 is 138 Å². The predicted molar refractivity (Wildman–Crippen MR) is 227 cm³/mol. The molecule has 0 aromatic rings. The SMILES string of the molecule is C[C@@H]1O[C@@H](O[C@H]2[C@H](O[C@H]3[C@H](O[C@H]4CC[C@]5(C)[C@H]6C=CC78OCC9(CC(=O)C(C)(C)C[C@H]97)[C@H](O)C[C@@]8(C)[C@]6(C)CC[C@H]5C4(C)C)O[C@H](C)[C@H](O)[C@@H]3O)O[C@H](CO)[C@@H](O)[C@@H]2O)[C@H](O)[C@H](O)[C@H]1O. The average Bonchev–Trinajstić information content (AvgIpc) is 3.50. The molecule has 17 nitrogen and oxygen atoms in total. The standard InChI is InChI=1S/C48H76O17/c1-21-30(52)33(55)36(58)39(60-21)64-38-35(57)32(54)23(19-49)62-41(38)65-37-34(56)31(53)22(2)61-40(37)63-29-12-13-44(7)24(43(29,5)6)10-14-45(8)25(44)11-15-48-26-16-42(3,4)27(50)18-47(26,20-59-48)28(51)17-46(45,48)9/h11,15,21-26,28-41,49,51-58H,10,12-14,16-20H2,1-9H3/t21-,22+,23+,24-,25+,26+,28+,29-,30-,31-,32+,33+,34-,35-,36+,37+,38+,39-,40-,41-,44-,45+,46-,47?,48?/m0/s1. The molecule has 8 fully saturated rings. The topological polar surface area (TPSA) is 264 Å². The molecule has 0 amide bonds. The molecule has 4 saturated heterocycles. The quantitative estimate of drug-likeness (QED) is 0.127. The van der Waals surface area contributed by atoms with E-state index in [9.17, 15) is 50.8 Å². The van der Waals surface area contributed by atoms with Gasteiger partial charge in [-0.25, -0.2) is 0 Å². The van der Waals surface area contributed by atoms with Gasteiger partial charge in [0.1, 0.15) is 66.8 Å². The van der Waals surface area contributed by atoms with Crippen molar-refractivity contribution in [3.8, 4) is 0 Å². The molecule has 2 bridgehead atoms. The minimum atomic E-state index is -1.80. The van der Waals surface area contributed by atoms with E-state index in [1.54, 1.807) is 6.92 Å². The highest BCUT2D eigenvalue weighted by atomic mass is 16.8. The third-order valence-corrected chi connectivity index (χ3v) is 19.8. The van der Waals surface area contributed by atoms with Crippen LogP contribution < -0.4 is 0 Å². The first-order valence-corrected chi connectivity index (χ1v) is 24.1. The summed E-state index contributed by atoms with van der Waals surface area (Å²) in [7, 11) is 0. The molecule has 2 unspecified atom stereocenters. The molecule has 4 heterocycles. The van der Waals surface area contributed by atoms with E-state index in [-0.39, 0.29) is 34.4 Å². The number of Topliss-reactive ketones (excluding diaryl/α,β-unsaturated/α-hetero) is 1. The van der Waals surface area contributed by atoms with Crippen molar-refractivity contribution in [3.05, 3.63) is 12.2 Å². The Morgan fingerprint density at radius 1 is 0.677 bits per heavy atom. The van der Waals surface area contributed by atoms with Gasteiger partial charge in [0.05, 0.1) is 43.2 Å². The Hall–Kier alpha value is -1.23. The summed E-state index contributed by atoms with van der Waals surface area (Å²) in [5.74, 6) is 0.490. The van der Waals surface area contributed by atoms with Crippen LogP contribution in [0.2, 0.25) is 0 Å². The third-order valence-electron chi connectivity index (χ3n) is 19.8. The molecule has 1 spiro atoms. The zero-order chi connectivity index (χ0) is 47.4. The van der Waals surface area contributed by atoms with E-state index >= 15 is 0 Å². The smallest absolute Gasteiger partial charge is 0.187 e. The predicted octanol–water partition coefficient (Wildman–Crippen LogP) is 0.835. The van der Waals surface area contributed by atoms with Crippen molar-refractivity contribution in [1.29, 1.82) is 0 Å². The van der Waals surface area contributed by atoms with Crippen LogP contribution in [-0.2, 0) is 38.0 Å². The van der Waals surface area contributed by atoms with Gasteiger partial charge in [0.15, 0.2) is 18.9 Å². The molecule has 5 aliphatic carbocycles. The minimum absolute atomic E-state index is 0.0139. The van der Waals surface area contributed by atoms with Crippen molar-refractivity contribution in [1.82, 2.24) is 0 Å². The Bertz CT molecular complexity index is 1850. The van der Waals surface area contributed by atoms with E-state index in [0.29, 0.717) is 32.3 Å². The van der Waals surface area contributed by atoms with E-state index in [4.69, 9.17) is 33.2 Å². The van der Waals surface area contributed by atoms with Crippen LogP contribution in [0, 0.1) is 50.2 Å². The number of fused-ring (bicyclic) bond motifs is 4. The number of carbonyl (C=O) groups is 1. The van der Waals surface area contributed by atoms with Gasteiger partial charge in [-0.15, -0.1) is 0 Å². The van der Waals surface area contributed by atoms with Gasteiger partial charge in [0.25, 0.3) is 0 Å². The van der Waals surface area contributed by atoms with E-state index in [2.05, 4.69) is 46.8 Å². The van der Waals surface area contributed by atoms with Crippen molar-refractivity contribution >= 4 is 5.78 Å². The number of allylic oxidation sites excluding steroid dienone is 1. The highest BCUT2D eigenvalue weighted by Crippen LogP contribution is 2.79. The van der Waals surface area contributed by atoms with Gasteiger partial charge in [-0.2, -0.15) is 0 Å². The third kappa shape index (κ3) is 6.79. The van der Waals surface area contributed by atoms with Gasteiger partial charge in [-0.1, -0.05) is 60.6 Å². The fourth-order valence-corrected chi connectivity index (χ4v) is 15.5. The lowest BCUT2D eigenvalue weighted by molar-refractivity contribution is -0.396. The Morgan fingerprint density at radius 3 is 1.94 bits per heavy atom. The maximum absolute atomic E-state index is 13.5. The van der Waals surface area contributed by atoms with E-state index in [1.807, 2.05) is 13.8 Å². The number of aliphatic hydroxyl groups excluding tert-OH is 9. The Balaban J connectivity index is 0.978. The molecule has 9 aliphatic rings. The number of hydrogen-bond donors (Lipinski definition) is 9. The molecule has 9 rings (SSSR count). The molecule has 9 N–H and O–H groups in total. The van der Waals surface area contributed by atoms with Crippen molar-refractivity contribution in [3.63, 3.8) is 0 Å². The van der Waals surface area contributed by atoms with Crippen LogP contribution in [0.5, 0.6) is 0 Å². The number of ketones is 1. The van der Waals surface area contributed by atoms with Crippen LogP contribution in [0.1, 0.15) is 107 Å². The minimum Gasteiger partial charge on any atom is -0.394 e. The van der Waals surface area contributed by atoms with Crippen LogP contribution in [-0.4, -0.2) is 175 Å². The lowest BCUT2D eigenvalue weighted by Crippen LogP contribution is -2.73. The number of ether oxygens (including phenoxy) is 7. The van der Waals surface area contributed by atoms with Gasteiger partial charge >= 0.3 is 0 Å². The molecule has 25 atom stereocenters. The van der Waals surface area contributed by atoms with Crippen LogP contribution in [0.25, 0.3) is 0 Å². The van der Waals surface area contributed by atoms with E-state index in [1.165, 1.54) is 6.92 Å². The van der Waals surface area contributed by atoms with Crippen LogP contribution >= 0.6 is 0 Å². The number of rotatable bonds is 7. The molecule has 0 radical (unpaired) electrons. The summed E-state index contributed by atoms with van der Waals surface area (Å²) in [5.41, 5.74) is -3.03. The van der Waals surface area contributed by atoms with Crippen LogP contribution in [0.15, 0.2) is 12.2 Å². The zero-order valence-corrected chi connectivity index (χ0v) is 39.4. The normalized spacial score (nSPS) is 58.0. The molecule has 0 aromatic carbocycles. The highest BCUT2D eigenvalue weighted by molar-refractivity contribution is 5.86. The molecule has 17 heteroatoms. The first kappa shape index (κ1) is 48.8. The van der Waals surface area contributed by atoms with Crippen molar-refractivity contribution < 1.29 is 83.9 Å². The second-order valence-corrected chi connectivity index (χ2v) is 23.7. The molecule has 65 heavy (non-hydrogen) atoms. The maximum Gasteiger partial charge on any atom is 0.187 e. The first-order valence-electron chi connectivity index (χ1n) is 24.1. The lowest BCUT2D eigenvalue weighted by Gasteiger charge is -2.73. The summed E-state index contributed by atoms with van der Waals surface area (Å²) in [6.07, 6.45) is -14.1. The second-order valence-electron chi connectivity index (χ2n) is 23.7. The second kappa shape index (κ2) is 16.2. The van der Waals surface area contributed by atoms with E-state index in [0.717, 1.165) is 19.3 Å². The highest BCUT2D eigenvalue weighted by Gasteiger charge is 2.79. The number of carbonyl (C=O) groups excluding carboxylic acids is 1. The Morgan fingerprint density at radius 2 is 1.28 bits per heavy atom. The maximum atomic E-state index is 13.5. The lowest BCUT2D eigenvalue weighted by atomic mass is 9.32. The van der Waals surface area contributed by atoms with Crippen molar-refractivity contribution in [2.45, 2.75) is 217 Å². The Labute approximate surface area is 381 Å². The summed E-state index contributed by atoms with van der Waals surface area (Å²) < 4.78 is 44.1. The van der Waals surface area contributed by atoms with Crippen molar-refractivity contribution in [2.24, 2.45) is 50.2 Å². The summed E-state index contributed by atoms with van der Waals surface area (Å²) >= 11 is 0. The summed E-state index contributed by atoms with van der Waals surface area (Å²) in [4.78, 5) is 13.5.